The molecule has 0 aliphatic carbocycles. The van der Waals surface area contributed by atoms with Gasteiger partial charge in [-0.2, -0.15) is 0 Å². The predicted molar refractivity (Wildman–Crippen MR) is 59.1 cm³/mol. The molecular formula is C11H16ClNO. The largest absolute Gasteiger partial charge is 0.323 e. The lowest BCUT2D eigenvalue weighted by Crippen LogP contribution is -2.13. The van der Waals surface area contributed by atoms with Gasteiger partial charge in [-0.1, -0.05) is 13.5 Å². The number of halogens is 1. The number of nitrogens with one attached hydrogen (secondary N) is 1. The molecule has 0 spiro atoms. The lowest BCUT2D eigenvalue weighted by atomic mass is 9.94. The van der Waals surface area contributed by atoms with Gasteiger partial charge in [-0.15, -0.1) is 11.6 Å². The number of hydrogen-bond acceptors (Lipinski definition) is 1. The number of allylic oxidation sites excluding steroid dienone is 1. The van der Waals surface area contributed by atoms with Crippen LogP contribution in [-0.2, 0) is 4.79 Å². The van der Waals surface area contributed by atoms with E-state index in [4.69, 9.17) is 11.6 Å². The molecule has 0 saturated heterocycles. The van der Waals surface area contributed by atoms with Gasteiger partial charge < -0.3 is 5.32 Å². The highest BCUT2D eigenvalue weighted by Crippen LogP contribution is 2.25. The summed E-state index contributed by atoms with van der Waals surface area (Å²) in [5, 5.41) is 2.87. The lowest BCUT2D eigenvalue weighted by molar-refractivity contribution is -0.115. The van der Waals surface area contributed by atoms with Gasteiger partial charge in [0.1, 0.15) is 0 Å². The molecule has 1 heterocycles. The van der Waals surface area contributed by atoms with E-state index in [1.165, 1.54) is 0 Å². The predicted octanol–water partition coefficient (Wildman–Crippen LogP) is 2.60. The van der Waals surface area contributed by atoms with Gasteiger partial charge in [-0.3, -0.25) is 4.79 Å². The van der Waals surface area contributed by atoms with E-state index in [0.717, 1.165) is 24.1 Å². The summed E-state index contributed by atoms with van der Waals surface area (Å²) in [5.74, 6) is 0.290. The molecule has 1 amide bonds. The smallest absolute Gasteiger partial charge is 0.248 e. The van der Waals surface area contributed by atoms with E-state index in [0.29, 0.717) is 5.92 Å². The minimum Gasteiger partial charge on any atom is -0.323 e. The van der Waals surface area contributed by atoms with Crippen molar-refractivity contribution in [3.05, 3.63) is 23.9 Å². The molecule has 3 heteroatoms. The van der Waals surface area contributed by atoms with Gasteiger partial charge in [-0.05, 0) is 31.3 Å². The van der Waals surface area contributed by atoms with Crippen molar-refractivity contribution in [3.63, 3.8) is 0 Å². The van der Waals surface area contributed by atoms with E-state index in [2.05, 4.69) is 18.8 Å². The van der Waals surface area contributed by atoms with Gasteiger partial charge in [-0.25, -0.2) is 0 Å². The Morgan fingerprint density at radius 2 is 2.14 bits per heavy atom. The molecule has 0 aromatic heterocycles. The molecule has 0 aromatic carbocycles. The van der Waals surface area contributed by atoms with Crippen LogP contribution >= 0.6 is 11.6 Å². The Morgan fingerprint density at radius 1 is 1.50 bits per heavy atom. The fourth-order valence-electron chi connectivity index (χ4n) is 1.56. The fraction of sp³-hybridized carbons (Fsp3) is 0.545. The molecule has 0 fully saturated rings. The van der Waals surface area contributed by atoms with Crippen LogP contribution in [-0.4, -0.2) is 11.3 Å². The normalized spacial score (nSPS) is 20.4. The standard InChI is InChI=1S/C11H16ClNO/c1-7(4-5-8(2)12)10-6-11(14)13-9(10)3/h6-8H,3-5H2,1-2H3,(H,13,14). The molecule has 1 aliphatic rings. The maximum Gasteiger partial charge on any atom is 0.248 e. The second-order valence-corrected chi connectivity index (χ2v) is 4.57. The Balaban J connectivity index is 2.52. The molecule has 0 aromatic rings. The maximum atomic E-state index is 11.0. The monoisotopic (exact) mass is 213 g/mol. The van der Waals surface area contributed by atoms with Crippen molar-refractivity contribution >= 4 is 17.5 Å². The molecule has 1 N–H and O–H groups in total. The number of carbonyl (C=O) groups excluding carboxylic acids is 1. The van der Waals surface area contributed by atoms with Gasteiger partial charge in [0.05, 0.1) is 0 Å². The van der Waals surface area contributed by atoms with Crippen LogP contribution in [0.5, 0.6) is 0 Å². The molecule has 0 saturated carbocycles. The van der Waals surface area contributed by atoms with Crippen LogP contribution in [0.15, 0.2) is 23.9 Å². The van der Waals surface area contributed by atoms with Crippen molar-refractivity contribution in [1.82, 2.24) is 5.32 Å². The summed E-state index contributed by atoms with van der Waals surface area (Å²) in [4.78, 5) is 11.0. The first-order valence-corrected chi connectivity index (χ1v) is 5.30. The number of hydrogen-bond donors (Lipinski definition) is 1. The second kappa shape index (κ2) is 4.65. The van der Waals surface area contributed by atoms with Crippen molar-refractivity contribution < 1.29 is 4.79 Å². The zero-order valence-electron chi connectivity index (χ0n) is 8.64. The molecule has 78 valence electrons. The summed E-state index contributed by atoms with van der Waals surface area (Å²) in [5.41, 5.74) is 1.76. The van der Waals surface area contributed by atoms with E-state index >= 15 is 0 Å². The molecule has 14 heavy (non-hydrogen) atoms. The molecule has 2 nitrogen and oxygen atoms in total. The van der Waals surface area contributed by atoms with Crippen molar-refractivity contribution in [3.8, 4) is 0 Å². The van der Waals surface area contributed by atoms with Crippen LogP contribution in [0.2, 0.25) is 0 Å². The van der Waals surface area contributed by atoms with Crippen LogP contribution < -0.4 is 5.32 Å². The van der Waals surface area contributed by atoms with Crippen LogP contribution in [0, 0.1) is 5.92 Å². The third-order valence-electron chi connectivity index (χ3n) is 2.44. The van der Waals surface area contributed by atoms with Gasteiger partial charge in [0.15, 0.2) is 0 Å². The first kappa shape index (κ1) is 11.3. The third kappa shape index (κ3) is 2.88. The van der Waals surface area contributed by atoms with Crippen LogP contribution in [0.3, 0.4) is 0 Å². The first-order valence-electron chi connectivity index (χ1n) is 4.86. The lowest BCUT2D eigenvalue weighted by Gasteiger charge is -2.13. The maximum absolute atomic E-state index is 11.0. The summed E-state index contributed by atoms with van der Waals surface area (Å²) < 4.78 is 0. The van der Waals surface area contributed by atoms with Crippen LogP contribution in [0.1, 0.15) is 26.7 Å². The Hall–Kier alpha value is -0.760. The van der Waals surface area contributed by atoms with E-state index in [1.807, 2.05) is 6.92 Å². The molecule has 0 radical (unpaired) electrons. The summed E-state index contributed by atoms with van der Waals surface area (Å²) in [6.07, 6.45) is 3.58. The van der Waals surface area contributed by atoms with Crippen molar-refractivity contribution in [2.45, 2.75) is 32.1 Å². The third-order valence-corrected chi connectivity index (χ3v) is 2.66. The first-order chi connectivity index (χ1) is 6.50. The van der Waals surface area contributed by atoms with Gasteiger partial charge >= 0.3 is 0 Å². The highest BCUT2D eigenvalue weighted by atomic mass is 35.5. The second-order valence-electron chi connectivity index (χ2n) is 3.83. The zero-order chi connectivity index (χ0) is 10.7. The number of alkyl halides is 1. The SMILES string of the molecule is C=C1NC(=O)C=C1C(C)CCC(C)Cl. The highest BCUT2D eigenvalue weighted by molar-refractivity contribution is 6.20. The summed E-state index contributed by atoms with van der Waals surface area (Å²) in [7, 11) is 0. The van der Waals surface area contributed by atoms with Gasteiger partial charge in [0, 0.05) is 17.2 Å². The number of carbonyl (C=O) groups is 1. The molecule has 2 atom stereocenters. The molecule has 1 aliphatic heterocycles. The topological polar surface area (TPSA) is 29.1 Å². The van der Waals surface area contributed by atoms with Crippen molar-refractivity contribution in [1.29, 1.82) is 0 Å². The zero-order valence-corrected chi connectivity index (χ0v) is 9.40. The molecule has 0 bridgehead atoms. The van der Waals surface area contributed by atoms with Gasteiger partial charge in [0.25, 0.3) is 0 Å². The van der Waals surface area contributed by atoms with E-state index in [-0.39, 0.29) is 11.3 Å². The minimum atomic E-state index is -0.0595. The fourth-order valence-corrected chi connectivity index (χ4v) is 1.69. The van der Waals surface area contributed by atoms with Crippen LogP contribution in [0.4, 0.5) is 0 Å². The Bertz CT molecular complexity index is 281. The Kier molecular flexibility index (Phi) is 3.76. The Morgan fingerprint density at radius 3 is 2.57 bits per heavy atom. The number of rotatable bonds is 4. The van der Waals surface area contributed by atoms with E-state index in [9.17, 15) is 4.79 Å². The minimum absolute atomic E-state index is 0.0595. The summed E-state index contributed by atoms with van der Waals surface area (Å²) in [6, 6.07) is 0. The summed E-state index contributed by atoms with van der Waals surface area (Å²) in [6.45, 7) is 7.88. The Labute approximate surface area is 90.0 Å². The quantitative estimate of drug-likeness (QED) is 0.715. The van der Waals surface area contributed by atoms with E-state index in [1.54, 1.807) is 6.08 Å². The summed E-state index contributed by atoms with van der Waals surface area (Å²) >= 11 is 5.87. The van der Waals surface area contributed by atoms with Crippen molar-refractivity contribution in [2.75, 3.05) is 0 Å². The average molecular weight is 214 g/mol. The highest BCUT2D eigenvalue weighted by Gasteiger charge is 2.20. The molecular weight excluding hydrogens is 198 g/mol. The molecule has 2 unspecified atom stereocenters. The van der Waals surface area contributed by atoms with E-state index < -0.39 is 0 Å². The average Bonchev–Trinajstić information content (AvgIpc) is 2.41. The van der Waals surface area contributed by atoms with Gasteiger partial charge in [0.2, 0.25) is 5.91 Å². The molecule has 1 rings (SSSR count). The number of amides is 1. The van der Waals surface area contributed by atoms with Crippen LogP contribution in [0.25, 0.3) is 0 Å². The van der Waals surface area contributed by atoms with Crippen molar-refractivity contribution in [2.24, 2.45) is 5.92 Å².